The van der Waals surface area contributed by atoms with E-state index in [4.69, 9.17) is 0 Å². The number of nitrogens with one attached hydrogen (secondary N) is 1. The molecule has 1 aliphatic rings. The van der Waals surface area contributed by atoms with Crippen LogP contribution in [0.1, 0.15) is 10.4 Å². The van der Waals surface area contributed by atoms with Gasteiger partial charge in [-0.3, -0.25) is 0 Å². The number of thiophene rings is 1. The number of hydrogen-bond donors (Lipinski definition) is 1. The van der Waals surface area contributed by atoms with E-state index < -0.39 is 0 Å². The molecular formula is C14H13N3S. The number of hydrogen-bond acceptors (Lipinski definition) is 3. The summed E-state index contributed by atoms with van der Waals surface area (Å²) in [6, 6.07) is 10.4. The molecule has 1 aliphatic heterocycles. The van der Waals surface area contributed by atoms with Crippen molar-refractivity contribution in [1.29, 1.82) is 0 Å². The highest BCUT2D eigenvalue weighted by Gasteiger charge is 2.19. The largest absolute Gasteiger partial charge is 0.338 e. The Kier molecular flexibility index (Phi) is 2.17. The Hall–Kier alpha value is -1.81. The number of H-pyrrole nitrogens is 1. The summed E-state index contributed by atoms with van der Waals surface area (Å²) in [5.41, 5.74) is 3.61. The molecule has 0 aliphatic carbocycles. The normalized spacial score (nSPS) is 15.0. The van der Waals surface area contributed by atoms with Gasteiger partial charge in [0.25, 0.3) is 0 Å². The molecule has 3 nitrogen and oxygen atoms in total. The van der Waals surface area contributed by atoms with Gasteiger partial charge in [-0.2, -0.15) is 0 Å². The van der Waals surface area contributed by atoms with E-state index >= 15 is 0 Å². The van der Waals surface area contributed by atoms with Crippen molar-refractivity contribution >= 4 is 28.3 Å². The zero-order valence-electron chi connectivity index (χ0n) is 9.89. The minimum atomic E-state index is 0.971. The number of fused-ring (bicyclic) bond motifs is 2. The average Bonchev–Trinajstić information content (AvgIpc) is 3.04. The lowest BCUT2D eigenvalue weighted by Gasteiger charge is -2.26. The number of aromatic amines is 1. The predicted octanol–water partition coefficient (Wildman–Crippen LogP) is 3.19. The van der Waals surface area contributed by atoms with Crippen LogP contribution < -0.4 is 4.90 Å². The minimum absolute atomic E-state index is 0.971. The van der Waals surface area contributed by atoms with Crippen molar-refractivity contribution in [3.05, 3.63) is 46.2 Å². The molecule has 0 amide bonds. The molecule has 0 spiro atoms. The van der Waals surface area contributed by atoms with Crippen LogP contribution in [-0.2, 0) is 13.0 Å². The first-order chi connectivity index (χ1) is 8.90. The summed E-state index contributed by atoms with van der Waals surface area (Å²) in [5, 5.41) is 2.19. The average molecular weight is 255 g/mol. The van der Waals surface area contributed by atoms with Gasteiger partial charge in [-0.05, 0) is 35.6 Å². The second kappa shape index (κ2) is 3.85. The number of rotatable bonds is 1. The molecule has 0 atom stereocenters. The number of para-hydroxylation sites is 2. The molecule has 0 radical (unpaired) electrons. The Morgan fingerprint density at radius 2 is 2.17 bits per heavy atom. The lowest BCUT2D eigenvalue weighted by molar-refractivity contribution is 0.725. The van der Waals surface area contributed by atoms with E-state index in [2.05, 4.69) is 38.4 Å². The third-order valence-corrected chi connectivity index (χ3v) is 4.51. The fraction of sp³-hybridized carbons (Fsp3) is 0.214. The molecule has 2 aromatic heterocycles. The Balaban J connectivity index is 1.72. The molecule has 3 aromatic rings. The maximum atomic E-state index is 4.67. The lowest BCUT2D eigenvalue weighted by Crippen LogP contribution is -2.30. The summed E-state index contributed by atoms with van der Waals surface area (Å²) < 4.78 is 0. The topological polar surface area (TPSA) is 31.9 Å². The van der Waals surface area contributed by atoms with Crippen LogP contribution in [0, 0.1) is 0 Å². The monoisotopic (exact) mass is 255 g/mol. The van der Waals surface area contributed by atoms with Gasteiger partial charge in [0.1, 0.15) is 0 Å². The molecule has 0 saturated carbocycles. The Morgan fingerprint density at radius 1 is 1.22 bits per heavy atom. The van der Waals surface area contributed by atoms with E-state index in [1.54, 1.807) is 0 Å². The fourth-order valence-electron chi connectivity index (χ4n) is 2.52. The second-order valence-electron chi connectivity index (χ2n) is 4.62. The standard InChI is InChI=1S/C14H13N3S/c1-2-4-12-11(3-1)15-14(16-12)17-7-5-13-10(9-17)6-8-18-13/h1-4,6,8H,5,7,9H2,(H,15,16). The number of imidazole rings is 1. The summed E-state index contributed by atoms with van der Waals surface area (Å²) in [6.07, 6.45) is 1.13. The predicted molar refractivity (Wildman–Crippen MR) is 75.2 cm³/mol. The lowest BCUT2D eigenvalue weighted by atomic mass is 10.1. The molecule has 90 valence electrons. The third kappa shape index (κ3) is 1.53. The van der Waals surface area contributed by atoms with Crippen molar-refractivity contribution in [2.75, 3.05) is 11.4 Å². The van der Waals surface area contributed by atoms with Gasteiger partial charge in [0.2, 0.25) is 5.95 Å². The number of benzene rings is 1. The first-order valence-corrected chi connectivity index (χ1v) is 7.03. The molecule has 4 heteroatoms. The summed E-state index contributed by atoms with van der Waals surface area (Å²) >= 11 is 1.87. The number of aromatic nitrogens is 2. The Labute approximate surface area is 109 Å². The highest BCUT2D eigenvalue weighted by atomic mass is 32.1. The van der Waals surface area contributed by atoms with E-state index in [0.29, 0.717) is 0 Å². The molecule has 1 aromatic carbocycles. The van der Waals surface area contributed by atoms with E-state index in [9.17, 15) is 0 Å². The molecule has 0 fully saturated rings. The highest BCUT2D eigenvalue weighted by molar-refractivity contribution is 7.10. The van der Waals surface area contributed by atoms with Crippen molar-refractivity contribution in [2.45, 2.75) is 13.0 Å². The van der Waals surface area contributed by atoms with E-state index in [1.165, 1.54) is 10.4 Å². The maximum absolute atomic E-state index is 4.67. The van der Waals surface area contributed by atoms with Gasteiger partial charge < -0.3 is 9.88 Å². The fourth-order valence-corrected chi connectivity index (χ4v) is 3.41. The maximum Gasteiger partial charge on any atom is 0.204 e. The molecule has 0 unspecified atom stereocenters. The first-order valence-electron chi connectivity index (χ1n) is 6.15. The van der Waals surface area contributed by atoms with Crippen LogP contribution in [-0.4, -0.2) is 16.5 Å². The molecule has 1 N–H and O–H groups in total. The quantitative estimate of drug-likeness (QED) is 0.724. The smallest absolute Gasteiger partial charge is 0.204 e. The van der Waals surface area contributed by atoms with E-state index in [-0.39, 0.29) is 0 Å². The van der Waals surface area contributed by atoms with E-state index in [0.717, 1.165) is 36.5 Å². The Morgan fingerprint density at radius 3 is 3.11 bits per heavy atom. The van der Waals surface area contributed by atoms with Crippen LogP contribution in [0.2, 0.25) is 0 Å². The number of anilines is 1. The summed E-state index contributed by atoms with van der Waals surface area (Å²) in [7, 11) is 0. The van der Waals surface area contributed by atoms with Gasteiger partial charge in [0.05, 0.1) is 11.0 Å². The van der Waals surface area contributed by atoms with Crippen LogP contribution in [0.4, 0.5) is 5.95 Å². The van der Waals surface area contributed by atoms with Gasteiger partial charge >= 0.3 is 0 Å². The molecule has 3 heterocycles. The van der Waals surface area contributed by atoms with Gasteiger partial charge in [-0.25, -0.2) is 4.98 Å². The molecule has 4 rings (SSSR count). The van der Waals surface area contributed by atoms with Crippen molar-refractivity contribution in [3.8, 4) is 0 Å². The summed E-state index contributed by atoms with van der Waals surface area (Å²) in [6.45, 7) is 2.02. The molecule has 0 bridgehead atoms. The van der Waals surface area contributed by atoms with Crippen LogP contribution in [0.5, 0.6) is 0 Å². The molecule has 18 heavy (non-hydrogen) atoms. The molecule has 0 saturated heterocycles. The number of nitrogens with zero attached hydrogens (tertiary/aromatic N) is 2. The zero-order valence-corrected chi connectivity index (χ0v) is 10.7. The second-order valence-corrected chi connectivity index (χ2v) is 5.62. The van der Waals surface area contributed by atoms with Crippen LogP contribution >= 0.6 is 11.3 Å². The van der Waals surface area contributed by atoms with Crippen molar-refractivity contribution in [3.63, 3.8) is 0 Å². The van der Waals surface area contributed by atoms with Crippen LogP contribution in [0.3, 0.4) is 0 Å². The van der Waals surface area contributed by atoms with Crippen molar-refractivity contribution in [1.82, 2.24) is 9.97 Å². The van der Waals surface area contributed by atoms with Crippen LogP contribution in [0.15, 0.2) is 35.7 Å². The van der Waals surface area contributed by atoms with Crippen molar-refractivity contribution in [2.24, 2.45) is 0 Å². The van der Waals surface area contributed by atoms with Gasteiger partial charge in [0.15, 0.2) is 0 Å². The van der Waals surface area contributed by atoms with Gasteiger partial charge in [-0.1, -0.05) is 12.1 Å². The van der Waals surface area contributed by atoms with Crippen LogP contribution in [0.25, 0.3) is 11.0 Å². The molecular weight excluding hydrogens is 242 g/mol. The zero-order chi connectivity index (χ0) is 11.9. The van der Waals surface area contributed by atoms with E-state index in [1.807, 2.05) is 23.5 Å². The summed E-state index contributed by atoms with van der Waals surface area (Å²) in [4.78, 5) is 11.9. The SMILES string of the molecule is c1ccc2[nH]c(N3CCc4sccc4C3)nc2c1. The van der Waals surface area contributed by atoms with Crippen molar-refractivity contribution < 1.29 is 0 Å². The minimum Gasteiger partial charge on any atom is -0.338 e. The Bertz CT molecular complexity index is 665. The highest BCUT2D eigenvalue weighted by Crippen LogP contribution is 2.27. The first kappa shape index (κ1) is 10.1. The third-order valence-electron chi connectivity index (χ3n) is 3.48. The van der Waals surface area contributed by atoms with Gasteiger partial charge in [-0.15, -0.1) is 11.3 Å². The summed E-state index contributed by atoms with van der Waals surface area (Å²) in [5.74, 6) is 0.994. The van der Waals surface area contributed by atoms with Gasteiger partial charge in [0, 0.05) is 18.0 Å².